The van der Waals surface area contributed by atoms with Crippen molar-refractivity contribution in [3.63, 3.8) is 0 Å². The molecule has 1 aromatic carbocycles. The van der Waals surface area contributed by atoms with E-state index in [1.54, 1.807) is 0 Å². The number of rotatable bonds is 6. The summed E-state index contributed by atoms with van der Waals surface area (Å²) in [7, 11) is 0. The number of aryl methyl sites for hydroxylation is 1. The molecule has 2 aliphatic rings. The molecule has 2 aromatic rings. The molecule has 2 N–H and O–H groups in total. The molecular weight excluding hydrogens is 348 g/mol. The number of nitrogens with zero attached hydrogens (tertiary/aromatic N) is 1. The molecule has 4 nitrogen and oxygen atoms in total. The zero-order valence-corrected chi connectivity index (χ0v) is 15.9. The van der Waals surface area contributed by atoms with Crippen molar-refractivity contribution in [3.8, 4) is 5.88 Å². The predicted octanol–water partition coefficient (Wildman–Crippen LogP) is 4.59. The fraction of sp³-hybridized carbons (Fsp3) is 0.476. The molecule has 0 spiro atoms. The Balaban J connectivity index is 0.00000196. The molecule has 1 fully saturated rings. The van der Waals surface area contributed by atoms with Crippen molar-refractivity contribution < 1.29 is 9.84 Å². The Bertz CT molecular complexity index is 728. The summed E-state index contributed by atoms with van der Waals surface area (Å²) in [4.78, 5) is 4.77. The highest BCUT2D eigenvalue weighted by Crippen LogP contribution is 2.34. The van der Waals surface area contributed by atoms with Crippen LogP contribution >= 0.6 is 12.4 Å². The Morgan fingerprint density at radius 3 is 2.58 bits per heavy atom. The number of halogens is 1. The fourth-order valence-corrected chi connectivity index (χ4v) is 3.91. The summed E-state index contributed by atoms with van der Waals surface area (Å²) in [5.74, 6) is 0.770. The molecule has 0 amide bonds. The van der Waals surface area contributed by atoms with Crippen molar-refractivity contribution in [2.24, 2.45) is 0 Å². The van der Waals surface area contributed by atoms with Crippen molar-refractivity contribution in [3.05, 3.63) is 47.2 Å². The van der Waals surface area contributed by atoms with Crippen LogP contribution in [0.4, 0.5) is 11.4 Å². The van der Waals surface area contributed by atoms with Gasteiger partial charge in [-0.15, -0.1) is 12.4 Å². The normalized spacial score (nSPS) is 16.2. The van der Waals surface area contributed by atoms with Crippen LogP contribution in [0.15, 0.2) is 30.3 Å². The number of benzene rings is 1. The molecule has 1 aromatic heterocycles. The number of pyridine rings is 1. The summed E-state index contributed by atoms with van der Waals surface area (Å²) >= 11 is 0. The van der Waals surface area contributed by atoms with Crippen LogP contribution in [0.1, 0.15) is 48.9 Å². The van der Waals surface area contributed by atoms with Crippen LogP contribution in [0.2, 0.25) is 0 Å². The van der Waals surface area contributed by atoms with E-state index in [4.69, 9.17) is 14.8 Å². The number of nitrogens with one attached hydrogen (secondary N) is 1. The van der Waals surface area contributed by atoms with Crippen LogP contribution in [0.25, 0.3) is 0 Å². The molecule has 4 rings (SSSR count). The molecule has 140 valence electrons. The third kappa shape index (κ3) is 4.30. The summed E-state index contributed by atoms with van der Waals surface area (Å²) in [5.41, 5.74) is 5.87. The van der Waals surface area contributed by atoms with Gasteiger partial charge in [0.05, 0.1) is 0 Å². The number of anilines is 2. The van der Waals surface area contributed by atoms with E-state index in [0.29, 0.717) is 12.5 Å². The van der Waals surface area contributed by atoms with Gasteiger partial charge in [-0.3, -0.25) is 0 Å². The summed E-state index contributed by atoms with van der Waals surface area (Å²) in [5, 5.41) is 12.6. The molecule has 0 saturated heterocycles. The lowest BCUT2D eigenvalue weighted by Crippen LogP contribution is -2.13. The molecule has 0 bridgehead atoms. The third-order valence-corrected chi connectivity index (χ3v) is 5.25. The Labute approximate surface area is 161 Å². The first-order chi connectivity index (χ1) is 12.3. The van der Waals surface area contributed by atoms with Crippen LogP contribution in [-0.2, 0) is 19.3 Å². The first-order valence-corrected chi connectivity index (χ1v) is 9.48. The highest BCUT2D eigenvalue weighted by molar-refractivity contribution is 5.85. The van der Waals surface area contributed by atoms with E-state index in [1.807, 2.05) is 0 Å². The molecular formula is C21H27ClN2O2. The van der Waals surface area contributed by atoms with Gasteiger partial charge in [-0.2, -0.15) is 0 Å². The Morgan fingerprint density at radius 2 is 1.85 bits per heavy atom. The van der Waals surface area contributed by atoms with Gasteiger partial charge in [0.25, 0.3) is 0 Å². The molecule has 2 aliphatic carbocycles. The average Bonchev–Trinajstić information content (AvgIpc) is 3.28. The van der Waals surface area contributed by atoms with Crippen LogP contribution in [0.5, 0.6) is 5.88 Å². The zero-order chi connectivity index (χ0) is 17.1. The molecule has 0 unspecified atom stereocenters. The lowest BCUT2D eigenvalue weighted by Gasteiger charge is -2.17. The maximum absolute atomic E-state index is 9.04. The smallest absolute Gasteiger partial charge is 0.215 e. The summed E-state index contributed by atoms with van der Waals surface area (Å²) in [6, 6.07) is 10.4. The predicted molar refractivity (Wildman–Crippen MR) is 107 cm³/mol. The Morgan fingerprint density at radius 1 is 1.08 bits per heavy atom. The van der Waals surface area contributed by atoms with E-state index in [2.05, 4.69) is 35.6 Å². The number of aliphatic hydroxyl groups excluding tert-OH is 1. The van der Waals surface area contributed by atoms with Gasteiger partial charge in [0.2, 0.25) is 5.88 Å². The van der Waals surface area contributed by atoms with Crippen molar-refractivity contribution in [2.45, 2.75) is 57.5 Å². The minimum Gasteiger partial charge on any atom is -0.474 e. The largest absolute Gasteiger partial charge is 0.474 e. The Kier molecular flexibility index (Phi) is 6.38. The van der Waals surface area contributed by atoms with E-state index in [9.17, 15) is 0 Å². The van der Waals surface area contributed by atoms with E-state index < -0.39 is 0 Å². The van der Waals surface area contributed by atoms with Crippen molar-refractivity contribution in [1.82, 2.24) is 4.98 Å². The zero-order valence-electron chi connectivity index (χ0n) is 15.0. The highest BCUT2D eigenvalue weighted by Gasteiger charge is 2.22. The van der Waals surface area contributed by atoms with Gasteiger partial charge in [-0.05, 0) is 74.6 Å². The van der Waals surface area contributed by atoms with Gasteiger partial charge in [0.1, 0.15) is 6.10 Å². The molecule has 5 heteroatoms. The minimum atomic E-state index is 0. The Hall–Kier alpha value is -1.78. The molecule has 26 heavy (non-hydrogen) atoms. The number of fused-ring (bicyclic) bond motifs is 1. The van der Waals surface area contributed by atoms with Crippen LogP contribution in [0.3, 0.4) is 0 Å². The average molecular weight is 375 g/mol. The molecule has 1 saturated carbocycles. The maximum Gasteiger partial charge on any atom is 0.215 e. The molecule has 1 heterocycles. The van der Waals surface area contributed by atoms with Gasteiger partial charge < -0.3 is 15.2 Å². The first kappa shape index (κ1) is 19.0. The number of hydrogen-bond acceptors (Lipinski definition) is 4. The third-order valence-electron chi connectivity index (χ3n) is 5.25. The van der Waals surface area contributed by atoms with Crippen LogP contribution < -0.4 is 10.1 Å². The second kappa shape index (κ2) is 8.74. The van der Waals surface area contributed by atoms with Crippen molar-refractivity contribution >= 4 is 23.8 Å². The quantitative estimate of drug-likeness (QED) is 0.776. The first-order valence-electron chi connectivity index (χ1n) is 9.48. The summed E-state index contributed by atoms with van der Waals surface area (Å²) in [6.07, 6.45) is 9.14. The van der Waals surface area contributed by atoms with E-state index in [0.717, 1.165) is 48.5 Å². The van der Waals surface area contributed by atoms with E-state index in [1.165, 1.54) is 30.5 Å². The fourth-order valence-electron chi connectivity index (χ4n) is 3.91. The van der Waals surface area contributed by atoms with Crippen molar-refractivity contribution in [2.75, 3.05) is 11.9 Å². The monoisotopic (exact) mass is 374 g/mol. The van der Waals surface area contributed by atoms with Crippen LogP contribution in [0, 0.1) is 0 Å². The topological polar surface area (TPSA) is 54.4 Å². The van der Waals surface area contributed by atoms with Crippen LogP contribution in [-0.4, -0.2) is 22.8 Å². The molecule has 0 aliphatic heterocycles. The highest BCUT2D eigenvalue weighted by atomic mass is 35.5. The maximum atomic E-state index is 9.04. The molecule has 0 atom stereocenters. The lowest BCUT2D eigenvalue weighted by atomic mass is 10.1. The minimum absolute atomic E-state index is 0. The van der Waals surface area contributed by atoms with Gasteiger partial charge >= 0.3 is 0 Å². The van der Waals surface area contributed by atoms with Gasteiger partial charge in [-0.1, -0.05) is 12.1 Å². The summed E-state index contributed by atoms with van der Waals surface area (Å²) < 4.78 is 6.15. The number of aliphatic hydroxyl groups is 1. The standard InChI is InChI=1S/C21H26N2O2.ClH/c24-13-12-15-8-10-16(11-9-15)22-20-14-21(25-17-4-1-2-5-17)23-19-7-3-6-18(19)20;/h8-11,14,17,24H,1-7,12-13H2,(H,22,23);1H. The van der Waals surface area contributed by atoms with Crippen molar-refractivity contribution in [1.29, 1.82) is 0 Å². The van der Waals surface area contributed by atoms with Gasteiger partial charge in [-0.25, -0.2) is 4.98 Å². The molecule has 0 radical (unpaired) electrons. The van der Waals surface area contributed by atoms with Gasteiger partial charge in [0, 0.05) is 29.7 Å². The number of aromatic nitrogens is 1. The SMILES string of the molecule is Cl.OCCc1ccc(Nc2cc(OC3CCCC3)nc3c2CCC3)cc1. The second-order valence-corrected chi connectivity index (χ2v) is 7.11. The summed E-state index contributed by atoms with van der Waals surface area (Å²) in [6.45, 7) is 0.187. The second-order valence-electron chi connectivity index (χ2n) is 7.11. The van der Waals surface area contributed by atoms with E-state index >= 15 is 0 Å². The van der Waals surface area contributed by atoms with Gasteiger partial charge in [0.15, 0.2) is 0 Å². The number of hydrogen-bond donors (Lipinski definition) is 2. The lowest BCUT2D eigenvalue weighted by molar-refractivity contribution is 0.201. The van der Waals surface area contributed by atoms with E-state index in [-0.39, 0.29) is 19.0 Å². The number of ether oxygens (including phenoxy) is 1.